The van der Waals surface area contributed by atoms with Crippen LogP contribution in [0.2, 0.25) is 0 Å². The molecule has 0 saturated heterocycles. The van der Waals surface area contributed by atoms with Crippen LogP contribution in [0.4, 0.5) is 0 Å². The van der Waals surface area contributed by atoms with E-state index >= 15 is 0 Å². The predicted molar refractivity (Wildman–Crippen MR) is 69.0 cm³/mol. The average Bonchev–Trinajstić information content (AvgIpc) is 2.68. The fourth-order valence-corrected chi connectivity index (χ4v) is 2.53. The molecule has 6 heteroatoms. The van der Waals surface area contributed by atoms with Crippen molar-refractivity contribution in [3.05, 3.63) is 24.3 Å². The number of nitrogens with zero attached hydrogens (tertiary/aromatic N) is 2. The standard InChI is InChI=1S/C12H16N2O3S/c1-3-9(2)8-14-11-7-5-4-6-10(11)13-12(14)18(15,16)17/h4-7,9H,3,8H2,1-2H3,(H,15,16,17)/t9-/m0/s1. The van der Waals surface area contributed by atoms with Crippen molar-refractivity contribution in [1.82, 2.24) is 9.55 Å². The maximum Gasteiger partial charge on any atom is 0.328 e. The van der Waals surface area contributed by atoms with Gasteiger partial charge in [-0.2, -0.15) is 8.42 Å². The molecule has 0 spiro atoms. The summed E-state index contributed by atoms with van der Waals surface area (Å²) in [4.78, 5) is 4.00. The lowest BCUT2D eigenvalue weighted by Crippen LogP contribution is -2.13. The van der Waals surface area contributed by atoms with E-state index in [9.17, 15) is 13.0 Å². The van der Waals surface area contributed by atoms with Gasteiger partial charge in [0.15, 0.2) is 0 Å². The summed E-state index contributed by atoms with van der Waals surface area (Å²) in [6.45, 7) is 4.59. The van der Waals surface area contributed by atoms with Gasteiger partial charge in [-0.25, -0.2) is 4.98 Å². The first kappa shape index (κ1) is 13.0. The fourth-order valence-electron chi connectivity index (χ4n) is 1.87. The molecular weight excluding hydrogens is 252 g/mol. The summed E-state index contributed by atoms with van der Waals surface area (Å²) in [6.07, 6.45) is 0.928. The monoisotopic (exact) mass is 268 g/mol. The lowest BCUT2D eigenvalue weighted by atomic mass is 10.1. The first-order valence-corrected chi connectivity index (χ1v) is 7.30. The second kappa shape index (κ2) is 4.70. The van der Waals surface area contributed by atoms with Crippen molar-refractivity contribution < 1.29 is 13.0 Å². The molecule has 0 amide bonds. The average molecular weight is 268 g/mol. The zero-order valence-electron chi connectivity index (χ0n) is 10.4. The van der Waals surface area contributed by atoms with Gasteiger partial charge in [-0.15, -0.1) is 0 Å². The molecule has 0 saturated carbocycles. The highest BCUT2D eigenvalue weighted by Gasteiger charge is 2.21. The smallest absolute Gasteiger partial charge is 0.312 e. The molecule has 1 aromatic carbocycles. The SMILES string of the molecule is CC[C@H](C)Cn1c(S(=O)(=O)O)nc2ccccc21. The van der Waals surface area contributed by atoms with Crippen LogP contribution in [0.1, 0.15) is 20.3 Å². The Labute approximate surface area is 106 Å². The molecule has 18 heavy (non-hydrogen) atoms. The summed E-state index contributed by atoms with van der Waals surface area (Å²) < 4.78 is 33.5. The topological polar surface area (TPSA) is 72.2 Å². The van der Waals surface area contributed by atoms with Crippen LogP contribution in [0.5, 0.6) is 0 Å². The molecule has 2 rings (SSSR count). The van der Waals surface area contributed by atoms with Gasteiger partial charge in [0.05, 0.1) is 11.0 Å². The third-order valence-electron chi connectivity index (χ3n) is 3.04. The number of benzene rings is 1. The quantitative estimate of drug-likeness (QED) is 0.864. The molecule has 1 atom stereocenters. The van der Waals surface area contributed by atoms with Gasteiger partial charge < -0.3 is 4.57 Å². The lowest BCUT2D eigenvalue weighted by Gasteiger charge is -2.12. The van der Waals surface area contributed by atoms with E-state index in [-0.39, 0.29) is 5.16 Å². The Kier molecular flexibility index (Phi) is 3.41. The zero-order chi connectivity index (χ0) is 13.3. The Morgan fingerprint density at radius 1 is 1.39 bits per heavy atom. The van der Waals surface area contributed by atoms with E-state index in [2.05, 4.69) is 4.98 Å². The molecule has 0 aliphatic carbocycles. The first-order valence-electron chi connectivity index (χ1n) is 5.86. The zero-order valence-corrected chi connectivity index (χ0v) is 11.2. The van der Waals surface area contributed by atoms with E-state index in [1.165, 1.54) is 0 Å². The lowest BCUT2D eigenvalue weighted by molar-refractivity contribution is 0.428. The number of aromatic nitrogens is 2. The van der Waals surface area contributed by atoms with E-state index in [0.717, 1.165) is 11.9 Å². The van der Waals surface area contributed by atoms with Gasteiger partial charge in [0.25, 0.3) is 5.16 Å². The molecule has 0 aliphatic rings. The number of hydrogen-bond acceptors (Lipinski definition) is 3. The van der Waals surface area contributed by atoms with Crippen LogP contribution < -0.4 is 0 Å². The van der Waals surface area contributed by atoms with Crippen LogP contribution in [0.3, 0.4) is 0 Å². The summed E-state index contributed by atoms with van der Waals surface area (Å²) >= 11 is 0. The van der Waals surface area contributed by atoms with Crippen LogP contribution >= 0.6 is 0 Å². The van der Waals surface area contributed by atoms with Crippen molar-refractivity contribution in [2.75, 3.05) is 0 Å². The second-order valence-electron chi connectivity index (χ2n) is 4.48. The predicted octanol–water partition coefficient (Wildman–Crippen LogP) is 2.33. The minimum atomic E-state index is -4.30. The van der Waals surface area contributed by atoms with Crippen molar-refractivity contribution >= 4 is 21.2 Å². The summed E-state index contributed by atoms with van der Waals surface area (Å²) in [5.41, 5.74) is 1.30. The molecule has 1 N–H and O–H groups in total. The summed E-state index contributed by atoms with van der Waals surface area (Å²) in [6, 6.07) is 7.15. The number of hydrogen-bond donors (Lipinski definition) is 1. The van der Waals surface area contributed by atoms with Crippen LogP contribution in [0.25, 0.3) is 11.0 Å². The van der Waals surface area contributed by atoms with Crippen molar-refractivity contribution in [2.45, 2.75) is 32.0 Å². The summed E-state index contributed by atoms with van der Waals surface area (Å²) in [7, 11) is -4.30. The number of para-hydroxylation sites is 2. The second-order valence-corrected chi connectivity index (χ2v) is 5.80. The van der Waals surface area contributed by atoms with Crippen LogP contribution in [-0.4, -0.2) is 22.5 Å². The molecular formula is C12H16N2O3S. The number of fused-ring (bicyclic) bond motifs is 1. The Bertz CT molecular complexity index is 661. The van der Waals surface area contributed by atoms with Crippen molar-refractivity contribution in [3.63, 3.8) is 0 Å². The minimum absolute atomic E-state index is 0.274. The Morgan fingerprint density at radius 3 is 2.67 bits per heavy atom. The van der Waals surface area contributed by atoms with Crippen LogP contribution in [-0.2, 0) is 16.7 Å². The van der Waals surface area contributed by atoms with Gasteiger partial charge in [-0.05, 0) is 18.1 Å². The van der Waals surface area contributed by atoms with Gasteiger partial charge in [-0.3, -0.25) is 4.55 Å². The normalized spacial score (nSPS) is 13.9. The number of rotatable bonds is 4. The van der Waals surface area contributed by atoms with Gasteiger partial charge in [0.1, 0.15) is 0 Å². The molecule has 0 aliphatic heterocycles. The highest BCUT2D eigenvalue weighted by atomic mass is 32.2. The van der Waals surface area contributed by atoms with Gasteiger partial charge in [-0.1, -0.05) is 32.4 Å². The van der Waals surface area contributed by atoms with E-state index in [1.807, 2.05) is 19.9 Å². The Morgan fingerprint density at radius 2 is 2.06 bits per heavy atom. The molecule has 1 heterocycles. The van der Waals surface area contributed by atoms with Crippen molar-refractivity contribution in [2.24, 2.45) is 5.92 Å². The molecule has 2 aromatic rings. The Hall–Kier alpha value is -1.40. The summed E-state index contributed by atoms with van der Waals surface area (Å²) in [5.74, 6) is 0.308. The third-order valence-corrected chi connectivity index (χ3v) is 3.81. The largest absolute Gasteiger partial charge is 0.328 e. The van der Waals surface area contributed by atoms with Crippen LogP contribution in [0.15, 0.2) is 29.4 Å². The third kappa shape index (κ3) is 2.39. The maximum absolute atomic E-state index is 11.4. The number of imidazole rings is 1. The maximum atomic E-state index is 11.4. The van der Waals surface area contributed by atoms with Gasteiger partial charge in [0, 0.05) is 6.54 Å². The van der Waals surface area contributed by atoms with E-state index < -0.39 is 10.1 Å². The highest BCUT2D eigenvalue weighted by Crippen LogP contribution is 2.21. The highest BCUT2D eigenvalue weighted by molar-refractivity contribution is 7.85. The van der Waals surface area contributed by atoms with Crippen molar-refractivity contribution in [1.29, 1.82) is 0 Å². The molecule has 1 aromatic heterocycles. The van der Waals surface area contributed by atoms with Gasteiger partial charge >= 0.3 is 10.1 Å². The minimum Gasteiger partial charge on any atom is -0.312 e. The van der Waals surface area contributed by atoms with Crippen molar-refractivity contribution in [3.8, 4) is 0 Å². The van der Waals surface area contributed by atoms with E-state index in [4.69, 9.17) is 0 Å². The van der Waals surface area contributed by atoms with E-state index in [1.54, 1.807) is 22.8 Å². The van der Waals surface area contributed by atoms with Gasteiger partial charge in [0.2, 0.25) is 0 Å². The molecule has 0 radical (unpaired) electrons. The molecule has 5 nitrogen and oxygen atoms in total. The fraction of sp³-hybridized carbons (Fsp3) is 0.417. The van der Waals surface area contributed by atoms with E-state index in [0.29, 0.717) is 18.0 Å². The first-order chi connectivity index (χ1) is 8.43. The molecule has 0 fully saturated rings. The summed E-state index contributed by atoms with van der Waals surface area (Å²) in [5, 5.41) is -0.274. The Balaban J connectivity index is 2.66. The molecule has 0 bridgehead atoms. The molecule has 0 unspecified atom stereocenters. The molecule has 98 valence electrons. The van der Waals surface area contributed by atoms with Crippen LogP contribution in [0, 0.1) is 5.92 Å².